The van der Waals surface area contributed by atoms with Crippen molar-refractivity contribution in [1.82, 2.24) is 9.78 Å². The lowest BCUT2D eigenvalue weighted by molar-refractivity contribution is -0.384. The molecule has 154 valence electrons. The monoisotopic (exact) mass is 427 g/mol. The van der Waals surface area contributed by atoms with Gasteiger partial charge in [0.15, 0.2) is 5.84 Å². The van der Waals surface area contributed by atoms with Gasteiger partial charge in [0, 0.05) is 17.7 Å². The van der Waals surface area contributed by atoms with E-state index in [2.05, 4.69) is 10.3 Å². The predicted octanol–water partition coefficient (Wildman–Crippen LogP) is 3.59. The summed E-state index contributed by atoms with van der Waals surface area (Å²) >= 11 is 6.17. The second kappa shape index (κ2) is 8.75. The first-order valence-electron chi connectivity index (χ1n) is 8.84. The van der Waals surface area contributed by atoms with Gasteiger partial charge in [0.1, 0.15) is 0 Å². The van der Waals surface area contributed by atoms with Crippen LogP contribution in [-0.2, 0) is 11.4 Å². The highest BCUT2D eigenvalue weighted by Gasteiger charge is 2.13. The van der Waals surface area contributed by atoms with Crippen LogP contribution in [0.15, 0.2) is 53.7 Å². The van der Waals surface area contributed by atoms with Gasteiger partial charge in [-0.25, -0.2) is 4.79 Å². The number of halogens is 1. The van der Waals surface area contributed by atoms with Crippen molar-refractivity contribution in [2.75, 3.05) is 0 Å². The molecule has 0 aliphatic heterocycles. The number of benzene rings is 2. The number of hydrogen-bond donors (Lipinski definition) is 1. The third kappa shape index (κ3) is 4.64. The van der Waals surface area contributed by atoms with Gasteiger partial charge < -0.3 is 10.6 Å². The summed E-state index contributed by atoms with van der Waals surface area (Å²) in [5.74, 6) is -0.764. The molecule has 0 atom stereocenters. The number of rotatable bonds is 6. The maximum absolute atomic E-state index is 12.3. The standard InChI is InChI=1S/C20H18ClN5O4/c1-12-18(21)13(2)25(23-12)11-14-4-3-5-16(10-14)20(27)30-24-19(22)15-6-8-17(9-7-15)26(28)29/h3-10H,11H2,1-2H3,(H2,22,24). The van der Waals surface area contributed by atoms with Crippen LogP contribution < -0.4 is 5.73 Å². The first-order chi connectivity index (χ1) is 14.3. The lowest BCUT2D eigenvalue weighted by Crippen LogP contribution is -2.15. The average Bonchev–Trinajstić information content (AvgIpc) is 2.98. The summed E-state index contributed by atoms with van der Waals surface area (Å²) in [6.07, 6.45) is 0. The number of carbonyl (C=O) groups excluding carboxylic acids is 1. The second-order valence-electron chi connectivity index (χ2n) is 6.50. The molecule has 0 saturated heterocycles. The third-order valence-corrected chi connectivity index (χ3v) is 4.94. The van der Waals surface area contributed by atoms with E-state index >= 15 is 0 Å². The summed E-state index contributed by atoms with van der Waals surface area (Å²) < 4.78 is 1.76. The van der Waals surface area contributed by atoms with Gasteiger partial charge in [-0.3, -0.25) is 14.8 Å². The van der Waals surface area contributed by atoms with Crippen LogP contribution in [0.5, 0.6) is 0 Å². The number of hydrogen-bond acceptors (Lipinski definition) is 6. The number of nitrogens with zero attached hydrogens (tertiary/aromatic N) is 4. The van der Waals surface area contributed by atoms with Gasteiger partial charge in [0.25, 0.3) is 5.69 Å². The Morgan fingerprint density at radius 3 is 2.53 bits per heavy atom. The Labute approximate surface area is 176 Å². The SMILES string of the molecule is Cc1nn(Cc2cccc(C(=O)O/N=C(\N)c3ccc([N+](=O)[O-])cc3)c2)c(C)c1Cl. The van der Waals surface area contributed by atoms with E-state index in [1.54, 1.807) is 22.9 Å². The Kier molecular flexibility index (Phi) is 6.12. The van der Waals surface area contributed by atoms with Crippen molar-refractivity contribution in [3.05, 3.63) is 91.7 Å². The Balaban J connectivity index is 1.71. The van der Waals surface area contributed by atoms with Crippen LogP contribution in [0.1, 0.15) is 32.9 Å². The number of nitrogens with two attached hydrogens (primary N) is 1. The average molecular weight is 428 g/mol. The molecule has 1 aromatic heterocycles. The van der Waals surface area contributed by atoms with E-state index in [1.807, 2.05) is 19.9 Å². The van der Waals surface area contributed by atoms with E-state index in [9.17, 15) is 14.9 Å². The molecule has 0 unspecified atom stereocenters. The van der Waals surface area contributed by atoms with Crippen LogP contribution >= 0.6 is 11.6 Å². The molecule has 0 amide bonds. The zero-order chi connectivity index (χ0) is 21.8. The molecule has 0 aliphatic carbocycles. The highest BCUT2D eigenvalue weighted by atomic mass is 35.5. The second-order valence-corrected chi connectivity index (χ2v) is 6.88. The third-order valence-electron chi connectivity index (χ3n) is 4.39. The number of oxime groups is 1. The Hall–Kier alpha value is -3.72. The molecule has 1 heterocycles. The fraction of sp³-hybridized carbons (Fsp3) is 0.150. The summed E-state index contributed by atoms with van der Waals surface area (Å²) in [5.41, 5.74) is 8.80. The molecule has 0 radical (unpaired) electrons. The molecule has 0 bridgehead atoms. The van der Waals surface area contributed by atoms with Crippen LogP contribution in [0, 0.1) is 24.0 Å². The van der Waals surface area contributed by atoms with Crippen molar-refractivity contribution in [2.24, 2.45) is 10.9 Å². The van der Waals surface area contributed by atoms with Crippen molar-refractivity contribution in [1.29, 1.82) is 0 Å². The minimum Gasteiger partial charge on any atom is -0.380 e. The quantitative estimate of drug-likeness (QED) is 0.210. The number of nitro groups is 1. The maximum atomic E-state index is 12.3. The molecule has 0 fully saturated rings. The van der Waals surface area contributed by atoms with Gasteiger partial charge in [0.2, 0.25) is 0 Å². The summed E-state index contributed by atoms with van der Waals surface area (Å²) in [4.78, 5) is 27.4. The molecule has 2 N–H and O–H groups in total. The maximum Gasteiger partial charge on any atom is 0.365 e. The normalized spacial score (nSPS) is 11.4. The zero-order valence-electron chi connectivity index (χ0n) is 16.2. The van der Waals surface area contributed by atoms with Crippen LogP contribution in [0.4, 0.5) is 5.69 Å². The van der Waals surface area contributed by atoms with E-state index in [4.69, 9.17) is 22.2 Å². The molecular weight excluding hydrogens is 410 g/mol. The van der Waals surface area contributed by atoms with Gasteiger partial charge in [-0.05, 0) is 43.7 Å². The summed E-state index contributed by atoms with van der Waals surface area (Å²) in [6.45, 7) is 4.14. The fourth-order valence-corrected chi connectivity index (χ4v) is 2.88. The predicted molar refractivity (Wildman–Crippen MR) is 111 cm³/mol. The Morgan fingerprint density at radius 1 is 1.23 bits per heavy atom. The molecule has 0 aliphatic rings. The first-order valence-corrected chi connectivity index (χ1v) is 9.22. The number of aromatic nitrogens is 2. The largest absolute Gasteiger partial charge is 0.380 e. The van der Waals surface area contributed by atoms with E-state index in [1.165, 1.54) is 24.3 Å². The number of nitro benzene ring substituents is 1. The van der Waals surface area contributed by atoms with Gasteiger partial charge in [0.05, 0.1) is 33.4 Å². The van der Waals surface area contributed by atoms with Crippen LogP contribution in [0.3, 0.4) is 0 Å². The van der Waals surface area contributed by atoms with E-state index in [0.29, 0.717) is 22.7 Å². The molecule has 30 heavy (non-hydrogen) atoms. The van der Waals surface area contributed by atoms with Gasteiger partial charge in [-0.15, -0.1) is 0 Å². The molecule has 0 spiro atoms. The van der Waals surface area contributed by atoms with Gasteiger partial charge in [-0.1, -0.05) is 28.9 Å². The van der Waals surface area contributed by atoms with E-state index in [-0.39, 0.29) is 11.5 Å². The van der Waals surface area contributed by atoms with Crippen molar-refractivity contribution in [3.63, 3.8) is 0 Å². The van der Waals surface area contributed by atoms with Crippen LogP contribution in [-0.4, -0.2) is 26.5 Å². The summed E-state index contributed by atoms with van der Waals surface area (Å²) in [6, 6.07) is 12.3. The lowest BCUT2D eigenvalue weighted by atomic mass is 10.1. The number of carbonyl (C=O) groups is 1. The van der Waals surface area contributed by atoms with E-state index in [0.717, 1.165) is 17.0 Å². The van der Waals surface area contributed by atoms with Gasteiger partial charge >= 0.3 is 5.97 Å². The molecule has 0 saturated carbocycles. The Morgan fingerprint density at radius 2 is 1.93 bits per heavy atom. The minimum atomic E-state index is -0.687. The molecule has 9 nitrogen and oxygen atoms in total. The van der Waals surface area contributed by atoms with E-state index < -0.39 is 10.9 Å². The number of non-ortho nitro benzene ring substituents is 1. The van der Waals surface area contributed by atoms with Crippen LogP contribution in [0.25, 0.3) is 0 Å². The first kappa shape index (κ1) is 21.0. The minimum absolute atomic E-state index is 0.0771. The lowest BCUT2D eigenvalue weighted by Gasteiger charge is -2.06. The number of aryl methyl sites for hydroxylation is 1. The van der Waals surface area contributed by atoms with Crippen LogP contribution in [0.2, 0.25) is 5.02 Å². The summed E-state index contributed by atoms with van der Waals surface area (Å²) in [7, 11) is 0. The molecule has 3 aromatic rings. The van der Waals surface area contributed by atoms with Gasteiger partial charge in [-0.2, -0.15) is 5.10 Å². The smallest absolute Gasteiger partial charge is 0.365 e. The Bertz CT molecular complexity index is 1140. The molecule has 10 heteroatoms. The fourth-order valence-electron chi connectivity index (χ4n) is 2.75. The highest BCUT2D eigenvalue weighted by Crippen LogP contribution is 2.20. The molecule has 3 rings (SSSR count). The topological polar surface area (TPSA) is 126 Å². The molecule has 2 aromatic carbocycles. The molecular formula is C20H18ClN5O4. The van der Waals surface area contributed by atoms with Crippen molar-refractivity contribution >= 4 is 29.1 Å². The zero-order valence-corrected chi connectivity index (χ0v) is 17.0. The van der Waals surface area contributed by atoms with Crippen molar-refractivity contribution in [3.8, 4) is 0 Å². The summed E-state index contributed by atoms with van der Waals surface area (Å²) in [5, 5.41) is 19.3. The van der Waals surface area contributed by atoms with Crippen molar-refractivity contribution in [2.45, 2.75) is 20.4 Å². The highest BCUT2D eigenvalue weighted by molar-refractivity contribution is 6.31. The number of amidine groups is 1. The van der Waals surface area contributed by atoms with Crippen molar-refractivity contribution < 1.29 is 14.6 Å².